The largest absolute Gasteiger partial charge is 0.384 e. The van der Waals surface area contributed by atoms with Gasteiger partial charge in [-0.1, -0.05) is 50.2 Å². The molecule has 0 atom stereocenters. The van der Waals surface area contributed by atoms with E-state index < -0.39 is 0 Å². The van der Waals surface area contributed by atoms with Crippen LogP contribution in [-0.4, -0.2) is 19.5 Å². The fourth-order valence-corrected chi connectivity index (χ4v) is 2.73. The van der Waals surface area contributed by atoms with Gasteiger partial charge in [0.25, 0.3) is 0 Å². The Hall–Kier alpha value is -2.29. The van der Waals surface area contributed by atoms with E-state index in [0.29, 0.717) is 13.0 Å². The molecule has 0 fully saturated rings. The standard InChI is InChI=1S/C20H26N2O/c1-4-16-10-9-11-17(5-2)20(16)21-15-14-19(23)22(3)18-12-7-6-8-13-18/h6-13,21H,4-5,14-15H2,1-3H3. The average molecular weight is 310 g/mol. The van der Waals surface area contributed by atoms with Crippen molar-refractivity contribution in [3.8, 4) is 0 Å². The number of nitrogens with one attached hydrogen (secondary N) is 1. The highest BCUT2D eigenvalue weighted by molar-refractivity contribution is 5.93. The Morgan fingerprint density at radius 1 is 0.957 bits per heavy atom. The first-order valence-corrected chi connectivity index (χ1v) is 8.33. The van der Waals surface area contributed by atoms with Gasteiger partial charge >= 0.3 is 0 Å². The lowest BCUT2D eigenvalue weighted by molar-refractivity contribution is -0.118. The number of aryl methyl sites for hydroxylation is 2. The Morgan fingerprint density at radius 3 is 2.13 bits per heavy atom. The number of hydrogen-bond donors (Lipinski definition) is 1. The number of carbonyl (C=O) groups is 1. The third kappa shape index (κ3) is 4.35. The molecule has 1 amide bonds. The van der Waals surface area contributed by atoms with E-state index >= 15 is 0 Å². The fraction of sp³-hybridized carbons (Fsp3) is 0.350. The minimum Gasteiger partial charge on any atom is -0.384 e. The maximum absolute atomic E-state index is 12.3. The zero-order chi connectivity index (χ0) is 16.7. The van der Waals surface area contributed by atoms with Gasteiger partial charge in [0.1, 0.15) is 0 Å². The second-order valence-corrected chi connectivity index (χ2v) is 5.62. The highest BCUT2D eigenvalue weighted by atomic mass is 16.2. The molecule has 122 valence electrons. The average Bonchev–Trinajstić information content (AvgIpc) is 2.61. The molecule has 0 saturated heterocycles. The smallest absolute Gasteiger partial charge is 0.228 e. The van der Waals surface area contributed by atoms with Crippen LogP contribution in [0.1, 0.15) is 31.4 Å². The molecule has 2 aromatic rings. The van der Waals surface area contributed by atoms with Gasteiger partial charge in [0.2, 0.25) is 5.91 Å². The van der Waals surface area contributed by atoms with Gasteiger partial charge in [-0.2, -0.15) is 0 Å². The quantitative estimate of drug-likeness (QED) is 0.828. The SMILES string of the molecule is CCc1cccc(CC)c1NCCC(=O)N(C)c1ccccc1. The van der Waals surface area contributed by atoms with Gasteiger partial charge < -0.3 is 10.2 Å². The molecule has 0 radical (unpaired) electrons. The van der Waals surface area contributed by atoms with Gasteiger partial charge in [0, 0.05) is 31.4 Å². The maximum Gasteiger partial charge on any atom is 0.228 e. The fourth-order valence-electron chi connectivity index (χ4n) is 2.73. The summed E-state index contributed by atoms with van der Waals surface area (Å²) in [6, 6.07) is 16.2. The summed E-state index contributed by atoms with van der Waals surface area (Å²) in [4.78, 5) is 14.0. The Balaban J connectivity index is 1.96. The number of benzene rings is 2. The molecule has 2 rings (SSSR count). The van der Waals surface area contributed by atoms with Crippen LogP contribution in [0.4, 0.5) is 11.4 Å². The van der Waals surface area contributed by atoms with Crippen molar-refractivity contribution >= 4 is 17.3 Å². The van der Waals surface area contributed by atoms with Crippen molar-refractivity contribution in [2.24, 2.45) is 0 Å². The van der Waals surface area contributed by atoms with Crippen LogP contribution in [0, 0.1) is 0 Å². The first-order chi connectivity index (χ1) is 11.2. The molecule has 0 saturated carbocycles. The summed E-state index contributed by atoms with van der Waals surface area (Å²) in [6.45, 7) is 4.97. The van der Waals surface area contributed by atoms with Crippen LogP contribution >= 0.6 is 0 Å². The van der Waals surface area contributed by atoms with E-state index in [9.17, 15) is 4.79 Å². The van der Waals surface area contributed by atoms with Crippen LogP contribution < -0.4 is 10.2 Å². The molecule has 0 aliphatic carbocycles. The van der Waals surface area contributed by atoms with Gasteiger partial charge in [0.15, 0.2) is 0 Å². The van der Waals surface area contributed by atoms with Crippen LogP contribution in [0.5, 0.6) is 0 Å². The molecule has 0 aliphatic rings. The molecule has 0 aromatic heterocycles. The molecule has 0 bridgehead atoms. The van der Waals surface area contributed by atoms with Crippen LogP contribution in [0.2, 0.25) is 0 Å². The summed E-state index contributed by atoms with van der Waals surface area (Å²) < 4.78 is 0. The minimum absolute atomic E-state index is 0.121. The summed E-state index contributed by atoms with van der Waals surface area (Å²) in [6.07, 6.45) is 2.47. The van der Waals surface area contributed by atoms with Crippen molar-refractivity contribution in [2.45, 2.75) is 33.1 Å². The van der Waals surface area contributed by atoms with Crippen molar-refractivity contribution in [2.75, 3.05) is 23.8 Å². The summed E-state index contributed by atoms with van der Waals surface area (Å²) in [5, 5.41) is 3.47. The van der Waals surface area contributed by atoms with E-state index in [1.807, 2.05) is 37.4 Å². The molecule has 3 nitrogen and oxygen atoms in total. The molecular formula is C20H26N2O. The number of para-hydroxylation sites is 2. The Bertz CT molecular complexity index is 615. The predicted octanol–water partition coefficient (Wildman–Crippen LogP) is 4.28. The van der Waals surface area contributed by atoms with E-state index in [1.54, 1.807) is 4.90 Å². The van der Waals surface area contributed by atoms with Crippen molar-refractivity contribution in [1.82, 2.24) is 0 Å². The first-order valence-electron chi connectivity index (χ1n) is 8.33. The van der Waals surface area contributed by atoms with Crippen molar-refractivity contribution in [3.63, 3.8) is 0 Å². The van der Waals surface area contributed by atoms with Crippen molar-refractivity contribution < 1.29 is 4.79 Å². The topological polar surface area (TPSA) is 32.3 Å². The van der Waals surface area contributed by atoms with Crippen LogP contribution in [0.15, 0.2) is 48.5 Å². The third-order valence-electron chi connectivity index (χ3n) is 4.16. The van der Waals surface area contributed by atoms with Crippen molar-refractivity contribution in [3.05, 3.63) is 59.7 Å². The zero-order valence-corrected chi connectivity index (χ0v) is 14.3. The third-order valence-corrected chi connectivity index (χ3v) is 4.16. The number of rotatable bonds is 7. The predicted molar refractivity (Wildman–Crippen MR) is 98.2 cm³/mol. The van der Waals surface area contributed by atoms with Gasteiger partial charge in [-0.05, 0) is 36.1 Å². The molecule has 0 heterocycles. The van der Waals surface area contributed by atoms with Gasteiger partial charge in [-0.25, -0.2) is 0 Å². The van der Waals surface area contributed by atoms with Crippen LogP contribution in [0.25, 0.3) is 0 Å². The highest BCUT2D eigenvalue weighted by Gasteiger charge is 2.11. The van der Waals surface area contributed by atoms with Crippen molar-refractivity contribution in [1.29, 1.82) is 0 Å². The molecule has 2 aromatic carbocycles. The minimum atomic E-state index is 0.121. The Labute approximate surface area is 139 Å². The molecule has 0 spiro atoms. The van der Waals surface area contributed by atoms with Gasteiger partial charge in [-0.3, -0.25) is 4.79 Å². The second kappa shape index (κ2) is 8.37. The Morgan fingerprint density at radius 2 is 1.57 bits per heavy atom. The first kappa shape index (κ1) is 17.1. The van der Waals surface area contributed by atoms with E-state index in [4.69, 9.17) is 0 Å². The summed E-state index contributed by atoms with van der Waals surface area (Å²) in [5.74, 6) is 0.121. The molecule has 3 heteroatoms. The van der Waals surface area contributed by atoms with E-state index in [0.717, 1.165) is 18.5 Å². The van der Waals surface area contributed by atoms with Gasteiger partial charge in [-0.15, -0.1) is 0 Å². The van der Waals surface area contributed by atoms with Crippen LogP contribution in [0.3, 0.4) is 0 Å². The van der Waals surface area contributed by atoms with E-state index in [-0.39, 0.29) is 5.91 Å². The summed E-state index contributed by atoms with van der Waals surface area (Å²) in [5.41, 5.74) is 4.76. The molecule has 1 N–H and O–H groups in total. The van der Waals surface area contributed by atoms with E-state index in [1.165, 1.54) is 16.8 Å². The van der Waals surface area contributed by atoms with Crippen LogP contribution in [-0.2, 0) is 17.6 Å². The summed E-state index contributed by atoms with van der Waals surface area (Å²) >= 11 is 0. The summed E-state index contributed by atoms with van der Waals surface area (Å²) in [7, 11) is 1.83. The molecule has 0 unspecified atom stereocenters. The number of hydrogen-bond acceptors (Lipinski definition) is 2. The number of anilines is 2. The number of amides is 1. The van der Waals surface area contributed by atoms with E-state index in [2.05, 4.69) is 37.4 Å². The van der Waals surface area contributed by atoms with Gasteiger partial charge in [0.05, 0.1) is 0 Å². The molecule has 0 aliphatic heterocycles. The maximum atomic E-state index is 12.3. The normalized spacial score (nSPS) is 10.4. The molecule has 23 heavy (non-hydrogen) atoms. The number of carbonyl (C=O) groups excluding carboxylic acids is 1. The lowest BCUT2D eigenvalue weighted by atomic mass is 10.0. The zero-order valence-electron chi connectivity index (χ0n) is 14.3. The second-order valence-electron chi connectivity index (χ2n) is 5.62. The Kier molecular flexibility index (Phi) is 6.21. The monoisotopic (exact) mass is 310 g/mol. The highest BCUT2D eigenvalue weighted by Crippen LogP contribution is 2.22. The lowest BCUT2D eigenvalue weighted by Crippen LogP contribution is -2.28. The number of nitrogens with zero attached hydrogens (tertiary/aromatic N) is 1. The lowest BCUT2D eigenvalue weighted by Gasteiger charge is -2.19. The molecular weight excluding hydrogens is 284 g/mol.